The number of hydrogen-bond acceptors (Lipinski definition) is 5. The van der Waals surface area contributed by atoms with E-state index in [-0.39, 0.29) is 5.78 Å². The lowest BCUT2D eigenvalue weighted by atomic mass is 10.1. The highest BCUT2D eigenvalue weighted by atomic mass is 79.9. The minimum Gasteiger partial charge on any atom is -0.293 e. The number of benzene rings is 2. The maximum absolute atomic E-state index is 12.5. The van der Waals surface area contributed by atoms with Gasteiger partial charge in [-0.25, -0.2) is 14.6 Å². The molecule has 2 aromatic carbocycles. The second kappa shape index (κ2) is 7.39. The first-order chi connectivity index (χ1) is 12.7. The molecule has 0 N–H and O–H groups in total. The minimum absolute atomic E-state index is 0.0460. The zero-order chi connectivity index (χ0) is 17.9. The number of carbonyl (C=O) groups excluding carboxylic acids is 1. The molecule has 4 rings (SSSR count). The summed E-state index contributed by atoms with van der Waals surface area (Å²) in [7, 11) is 0. The van der Waals surface area contributed by atoms with E-state index >= 15 is 0 Å². The van der Waals surface area contributed by atoms with Crippen LogP contribution in [-0.2, 0) is 0 Å². The van der Waals surface area contributed by atoms with Crippen LogP contribution in [0.25, 0.3) is 16.7 Å². The van der Waals surface area contributed by atoms with Gasteiger partial charge in [-0.2, -0.15) is 5.10 Å². The fourth-order valence-corrected chi connectivity index (χ4v) is 3.95. The van der Waals surface area contributed by atoms with Crippen LogP contribution in [-0.4, -0.2) is 31.3 Å². The van der Waals surface area contributed by atoms with Crippen molar-refractivity contribution in [1.29, 1.82) is 0 Å². The van der Waals surface area contributed by atoms with Gasteiger partial charge >= 0.3 is 0 Å². The molecule has 0 aliphatic rings. The molecule has 7 heteroatoms. The van der Waals surface area contributed by atoms with Gasteiger partial charge in [0.15, 0.2) is 11.4 Å². The van der Waals surface area contributed by atoms with E-state index in [1.165, 1.54) is 18.1 Å². The monoisotopic (exact) mass is 424 g/mol. The van der Waals surface area contributed by atoms with Crippen LogP contribution in [0.1, 0.15) is 10.4 Å². The van der Waals surface area contributed by atoms with Crippen molar-refractivity contribution in [1.82, 2.24) is 19.7 Å². The van der Waals surface area contributed by atoms with E-state index in [4.69, 9.17) is 0 Å². The van der Waals surface area contributed by atoms with E-state index in [0.717, 1.165) is 26.2 Å². The SMILES string of the molecule is O=C(CSc1ncnc2c1cnn2-c1ccccc1)c1ccccc1Br. The van der Waals surface area contributed by atoms with Crippen molar-refractivity contribution in [2.24, 2.45) is 0 Å². The van der Waals surface area contributed by atoms with Crippen molar-refractivity contribution < 1.29 is 4.79 Å². The fourth-order valence-electron chi connectivity index (χ4n) is 2.59. The molecule has 0 saturated heterocycles. The predicted octanol–water partition coefficient (Wildman–Crippen LogP) is 4.55. The standard InChI is InChI=1S/C19H13BrN4OS/c20-16-9-5-4-8-14(16)17(25)11-26-19-15-10-23-24(18(15)21-12-22-19)13-6-2-1-3-7-13/h1-10,12H,11H2. The molecule has 4 aromatic rings. The molecule has 0 aliphatic carbocycles. The van der Waals surface area contributed by atoms with Crippen LogP contribution in [0, 0.1) is 0 Å². The Kier molecular flexibility index (Phi) is 4.81. The molecule has 2 aromatic heterocycles. The van der Waals surface area contributed by atoms with Crippen molar-refractivity contribution in [3.05, 3.63) is 77.2 Å². The molecule has 0 saturated carbocycles. The van der Waals surface area contributed by atoms with Gasteiger partial charge in [0.1, 0.15) is 11.4 Å². The average molecular weight is 425 g/mol. The summed E-state index contributed by atoms with van der Waals surface area (Å²) >= 11 is 4.82. The maximum atomic E-state index is 12.5. The third kappa shape index (κ3) is 3.27. The molecule has 0 fully saturated rings. The number of rotatable bonds is 5. The van der Waals surface area contributed by atoms with Crippen LogP contribution in [0.3, 0.4) is 0 Å². The second-order valence-electron chi connectivity index (χ2n) is 5.50. The van der Waals surface area contributed by atoms with Crippen LogP contribution in [0.5, 0.6) is 0 Å². The van der Waals surface area contributed by atoms with E-state index in [1.54, 1.807) is 10.9 Å². The van der Waals surface area contributed by atoms with Gasteiger partial charge in [-0.1, -0.05) is 64.1 Å². The summed E-state index contributed by atoms with van der Waals surface area (Å²) in [6.45, 7) is 0. The van der Waals surface area contributed by atoms with Gasteiger partial charge in [-0.3, -0.25) is 4.79 Å². The van der Waals surface area contributed by atoms with E-state index in [0.29, 0.717) is 11.3 Å². The topological polar surface area (TPSA) is 60.7 Å². The van der Waals surface area contributed by atoms with Gasteiger partial charge in [0.2, 0.25) is 0 Å². The van der Waals surface area contributed by atoms with Gasteiger partial charge in [0.25, 0.3) is 0 Å². The number of para-hydroxylation sites is 1. The lowest BCUT2D eigenvalue weighted by Gasteiger charge is -2.05. The molecule has 2 heterocycles. The van der Waals surface area contributed by atoms with Crippen molar-refractivity contribution in [3.8, 4) is 5.69 Å². The van der Waals surface area contributed by atoms with Crippen molar-refractivity contribution >= 4 is 44.5 Å². The van der Waals surface area contributed by atoms with Crippen LogP contribution in [0.4, 0.5) is 0 Å². The number of ketones is 1. The smallest absolute Gasteiger partial charge is 0.174 e. The van der Waals surface area contributed by atoms with Crippen molar-refractivity contribution in [2.75, 3.05) is 5.75 Å². The average Bonchev–Trinajstić information content (AvgIpc) is 3.12. The molecule has 0 bridgehead atoms. The summed E-state index contributed by atoms with van der Waals surface area (Å²) in [5.41, 5.74) is 2.33. The third-order valence-corrected chi connectivity index (χ3v) is 5.54. The molecule has 5 nitrogen and oxygen atoms in total. The predicted molar refractivity (Wildman–Crippen MR) is 106 cm³/mol. The highest BCUT2D eigenvalue weighted by Crippen LogP contribution is 2.27. The Hall–Kier alpha value is -2.51. The van der Waals surface area contributed by atoms with E-state index in [9.17, 15) is 4.79 Å². The molecule has 0 aliphatic heterocycles. The van der Waals surface area contributed by atoms with Crippen LogP contribution in [0.15, 0.2) is 76.6 Å². The second-order valence-corrected chi connectivity index (χ2v) is 7.32. The van der Waals surface area contributed by atoms with E-state index in [1.807, 2.05) is 54.6 Å². The Morgan fingerprint density at radius 3 is 2.62 bits per heavy atom. The van der Waals surface area contributed by atoms with Gasteiger partial charge in [0, 0.05) is 10.0 Å². The number of nitrogens with zero attached hydrogens (tertiary/aromatic N) is 4. The number of halogens is 1. The number of aromatic nitrogens is 4. The lowest BCUT2D eigenvalue weighted by Crippen LogP contribution is -2.03. The first kappa shape index (κ1) is 16.9. The van der Waals surface area contributed by atoms with E-state index in [2.05, 4.69) is 31.0 Å². The molecule has 0 atom stereocenters. The molecule has 0 spiro atoms. The zero-order valence-corrected chi connectivity index (χ0v) is 15.9. The quantitative estimate of drug-likeness (QED) is 0.267. The maximum Gasteiger partial charge on any atom is 0.174 e. The van der Waals surface area contributed by atoms with Crippen molar-refractivity contribution in [2.45, 2.75) is 5.03 Å². The first-order valence-corrected chi connectivity index (χ1v) is 9.66. The Balaban J connectivity index is 1.61. The molecule has 128 valence electrons. The fraction of sp³-hybridized carbons (Fsp3) is 0.0526. The first-order valence-electron chi connectivity index (χ1n) is 7.89. The Labute approximate surface area is 162 Å². The van der Waals surface area contributed by atoms with E-state index < -0.39 is 0 Å². The zero-order valence-electron chi connectivity index (χ0n) is 13.5. The summed E-state index contributed by atoms with van der Waals surface area (Å²) in [5.74, 6) is 0.343. The number of carbonyl (C=O) groups is 1. The summed E-state index contributed by atoms with van der Waals surface area (Å²) in [6.07, 6.45) is 3.25. The highest BCUT2D eigenvalue weighted by Gasteiger charge is 2.14. The molecule has 0 radical (unpaired) electrons. The van der Waals surface area contributed by atoms with Gasteiger partial charge in [0.05, 0.1) is 23.0 Å². The Morgan fingerprint density at radius 2 is 1.81 bits per heavy atom. The third-order valence-electron chi connectivity index (χ3n) is 3.84. The van der Waals surface area contributed by atoms with Crippen molar-refractivity contribution in [3.63, 3.8) is 0 Å². The Morgan fingerprint density at radius 1 is 1.04 bits per heavy atom. The molecular weight excluding hydrogens is 412 g/mol. The molecule has 0 unspecified atom stereocenters. The Bertz CT molecular complexity index is 1080. The van der Waals surface area contributed by atoms with Gasteiger partial charge in [-0.15, -0.1) is 0 Å². The van der Waals surface area contributed by atoms with Crippen LogP contribution < -0.4 is 0 Å². The number of thioether (sulfide) groups is 1. The number of hydrogen-bond donors (Lipinski definition) is 0. The minimum atomic E-state index is 0.0460. The van der Waals surface area contributed by atoms with Gasteiger partial charge in [-0.05, 0) is 18.2 Å². The summed E-state index contributed by atoms with van der Waals surface area (Å²) in [5, 5.41) is 6.02. The van der Waals surface area contributed by atoms with Gasteiger partial charge < -0.3 is 0 Å². The largest absolute Gasteiger partial charge is 0.293 e. The summed E-state index contributed by atoms with van der Waals surface area (Å²) in [4.78, 5) is 21.2. The van der Waals surface area contributed by atoms with Crippen LogP contribution in [0.2, 0.25) is 0 Å². The highest BCUT2D eigenvalue weighted by molar-refractivity contribution is 9.10. The number of fused-ring (bicyclic) bond motifs is 1. The molecular formula is C19H13BrN4OS. The molecule has 26 heavy (non-hydrogen) atoms. The summed E-state index contributed by atoms with van der Waals surface area (Å²) < 4.78 is 2.58. The number of Topliss-reactive ketones (excluding diaryl/α,β-unsaturated/α-hetero) is 1. The molecule has 0 amide bonds. The van der Waals surface area contributed by atoms with Crippen LogP contribution >= 0.6 is 27.7 Å². The summed E-state index contributed by atoms with van der Waals surface area (Å²) in [6, 6.07) is 17.2. The normalized spacial score (nSPS) is 11.0. The lowest BCUT2D eigenvalue weighted by molar-refractivity contribution is 0.102.